The Balaban J connectivity index is 1.71. The number of aryl methyl sites for hydroxylation is 1. The standard InChI is InChI=1S/C13H19N3O3S/c1-9-8-20-13(14-9)15-11(17)7-16-5-4-10(6-16)2-3-12(18)19/h8,10H,2-7H2,1H3,(H,18,19)(H,14,15,17). The number of carbonyl (C=O) groups excluding carboxylic acids is 1. The Morgan fingerprint density at radius 1 is 1.60 bits per heavy atom. The fraction of sp³-hybridized carbons (Fsp3) is 0.615. The molecule has 1 amide bonds. The van der Waals surface area contributed by atoms with E-state index in [1.54, 1.807) is 0 Å². The van der Waals surface area contributed by atoms with Crippen molar-refractivity contribution < 1.29 is 14.7 Å². The van der Waals surface area contributed by atoms with Crippen LogP contribution in [0.15, 0.2) is 5.38 Å². The van der Waals surface area contributed by atoms with E-state index in [1.807, 2.05) is 12.3 Å². The van der Waals surface area contributed by atoms with Crippen LogP contribution < -0.4 is 5.32 Å². The van der Waals surface area contributed by atoms with Crippen LogP contribution in [0.25, 0.3) is 0 Å². The molecular weight excluding hydrogens is 278 g/mol. The smallest absolute Gasteiger partial charge is 0.303 e. The average Bonchev–Trinajstić information content (AvgIpc) is 2.96. The molecule has 2 N–H and O–H groups in total. The first-order valence-electron chi connectivity index (χ1n) is 6.69. The Kier molecular flexibility index (Phi) is 5.08. The Morgan fingerprint density at radius 3 is 3.05 bits per heavy atom. The number of carbonyl (C=O) groups is 2. The molecule has 110 valence electrons. The van der Waals surface area contributed by atoms with E-state index in [1.165, 1.54) is 11.3 Å². The first-order chi connectivity index (χ1) is 9.52. The summed E-state index contributed by atoms with van der Waals surface area (Å²) in [5.74, 6) is -0.417. The molecule has 0 saturated carbocycles. The summed E-state index contributed by atoms with van der Waals surface area (Å²) in [7, 11) is 0. The predicted octanol–water partition coefficient (Wildman–Crippen LogP) is 1.58. The zero-order valence-electron chi connectivity index (χ0n) is 11.5. The maximum Gasteiger partial charge on any atom is 0.303 e. The van der Waals surface area contributed by atoms with Crippen LogP contribution in [-0.4, -0.2) is 46.5 Å². The quantitative estimate of drug-likeness (QED) is 0.833. The summed E-state index contributed by atoms with van der Waals surface area (Å²) in [6, 6.07) is 0. The van der Waals surface area contributed by atoms with Gasteiger partial charge in [-0.25, -0.2) is 4.98 Å². The molecule has 0 radical (unpaired) electrons. The van der Waals surface area contributed by atoms with E-state index in [4.69, 9.17) is 5.11 Å². The lowest BCUT2D eigenvalue weighted by Crippen LogP contribution is -2.31. The summed E-state index contributed by atoms with van der Waals surface area (Å²) in [4.78, 5) is 28.7. The van der Waals surface area contributed by atoms with Gasteiger partial charge in [-0.05, 0) is 32.2 Å². The highest BCUT2D eigenvalue weighted by molar-refractivity contribution is 7.13. The third kappa shape index (κ3) is 4.57. The van der Waals surface area contributed by atoms with Crippen LogP contribution in [-0.2, 0) is 9.59 Å². The minimum absolute atomic E-state index is 0.0572. The summed E-state index contributed by atoms with van der Waals surface area (Å²) < 4.78 is 0. The van der Waals surface area contributed by atoms with Gasteiger partial charge in [-0.2, -0.15) is 0 Å². The molecule has 1 aromatic rings. The largest absolute Gasteiger partial charge is 0.481 e. The lowest BCUT2D eigenvalue weighted by atomic mass is 10.0. The van der Waals surface area contributed by atoms with Crippen molar-refractivity contribution in [3.8, 4) is 0 Å². The van der Waals surface area contributed by atoms with Crippen molar-refractivity contribution in [1.29, 1.82) is 0 Å². The van der Waals surface area contributed by atoms with Gasteiger partial charge in [-0.15, -0.1) is 11.3 Å². The van der Waals surface area contributed by atoms with Crippen LogP contribution in [0.5, 0.6) is 0 Å². The number of aliphatic carboxylic acids is 1. The molecule has 1 fully saturated rings. The monoisotopic (exact) mass is 297 g/mol. The number of hydrogen-bond donors (Lipinski definition) is 2. The molecule has 2 heterocycles. The molecule has 0 aromatic carbocycles. The van der Waals surface area contributed by atoms with E-state index in [0.29, 0.717) is 24.0 Å². The van der Waals surface area contributed by atoms with Gasteiger partial charge in [0.1, 0.15) is 0 Å². The van der Waals surface area contributed by atoms with Crippen LogP contribution in [0, 0.1) is 12.8 Å². The Morgan fingerprint density at radius 2 is 2.40 bits per heavy atom. The second kappa shape index (κ2) is 6.81. The number of thiazole rings is 1. The molecule has 1 aliphatic rings. The van der Waals surface area contributed by atoms with Crippen molar-refractivity contribution >= 4 is 28.3 Å². The van der Waals surface area contributed by atoms with E-state index in [-0.39, 0.29) is 12.3 Å². The number of nitrogens with zero attached hydrogens (tertiary/aromatic N) is 2. The fourth-order valence-corrected chi connectivity index (χ4v) is 3.10. The number of carboxylic acids is 1. The Bertz CT molecular complexity index is 489. The molecule has 2 rings (SSSR count). The van der Waals surface area contributed by atoms with Crippen molar-refractivity contribution in [2.24, 2.45) is 5.92 Å². The van der Waals surface area contributed by atoms with Crippen LogP contribution in [0.2, 0.25) is 0 Å². The third-order valence-electron chi connectivity index (χ3n) is 3.37. The lowest BCUT2D eigenvalue weighted by Gasteiger charge is -2.14. The van der Waals surface area contributed by atoms with E-state index >= 15 is 0 Å². The summed E-state index contributed by atoms with van der Waals surface area (Å²) >= 11 is 1.42. The summed E-state index contributed by atoms with van der Waals surface area (Å²) in [6.45, 7) is 3.90. The number of hydrogen-bond acceptors (Lipinski definition) is 5. The van der Waals surface area contributed by atoms with Gasteiger partial charge in [0.25, 0.3) is 0 Å². The molecule has 1 atom stereocenters. The maximum atomic E-state index is 11.9. The van der Waals surface area contributed by atoms with Crippen molar-refractivity contribution in [1.82, 2.24) is 9.88 Å². The molecule has 1 aromatic heterocycles. The number of likely N-dealkylation sites (tertiary alicyclic amines) is 1. The van der Waals surface area contributed by atoms with Crippen molar-refractivity contribution in [3.63, 3.8) is 0 Å². The molecule has 0 spiro atoms. The number of carboxylic acid groups (broad SMARTS) is 1. The highest BCUT2D eigenvalue weighted by Gasteiger charge is 2.24. The zero-order chi connectivity index (χ0) is 14.5. The van der Waals surface area contributed by atoms with Crippen molar-refractivity contribution in [2.45, 2.75) is 26.2 Å². The average molecular weight is 297 g/mol. The highest BCUT2D eigenvalue weighted by atomic mass is 32.1. The molecule has 7 heteroatoms. The van der Waals surface area contributed by atoms with Gasteiger partial charge in [0.05, 0.1) is 12.2 Å². The molecule has 0 aliphatic carbocycles. The molecule has 0 bridgehead atoms. The molecule has 1 aliphatic heterocycles. The third-order valence-corrected chi connectivity index (χ3v) is 4.24. The van der Waals surface area contributed by atoms with Gasteiger partial charge in [0.2, 0.25) is 5.91 Å². The van der Waals surface area contributed by atoms with Crippen LogP contribution in [0.4, 0.5) is 5.13 Å². The highest BCUT2D eigenvalue weighted by Crippen LogP contribution is 2.21. The number of amides is 1. The van der Waals surface area contributed by atoms with Crippen molar-refractivity contribution in [3.05, 3.63) is 11.1 Å². The first kappa shape index (κ1) is 14.9. The number of anilines is 1. The van der Waals surface area contributed by atoms with Crippen LogP contribution in [0.1, 0.15) is 25.0 Å². The Hall–Kier alpha value is -1.47. The van der Waals surface area contributed by atoms with Gasteiger partial charge in [-0.3, -0.25) is 14.5 Å². The van der Waals surface area contributed by atoms with Crippen LogP contribution >= 0.6 is 11.3 Å². The Labute approximate surface area is 121 Å². The van der Waals surface area contributed by atoms with E-state index < -0.39 is 5.97 Å². The number of nitrogens with one attached hydrogen (secondary N) is 1. The lowest BCUT2D eigenvalue weighted by molar-refractivity contribution is -0.137. The second-order valence-electron chi connectivity index (χ2n) is 5.16. The number of rotatable bonds is 6. The minimum Gasteiger partial charge on any atom is -0.481 e. The first-order valence-corrected chi connectivity index (χ1v) is 7.57. The topological polar surface area (TPSA) is 82.5 Å². The second-order valence-corrected chi connectivity index (χ2v) is 6.02. The number of aromatic nitrogens is 1. The van der Waals surface area contributed by atoms with E-state index in [9.17, 15) is 9.59 Å². The van der Waals surface area contributed by atoms with Gasteiger partial charge in [-0.1, -0.05) is 0 Å². The zero-order valence-corrected chi connectivity index (χ0v) is 12.3. The van der Waals surface area contributed by atoms with Crippen LogP contribution in [0.3, 0.4) is 0 Å². The van der Waals surface area contributed by atoms with E-state index in [2.05, 4.69) is 15.2 Å². The molecule has 1 unspecified atom stereocenters. The normalized spacial score (nSPS) is 19.1. The minimum atomic E-state index is -0.750. The SMILES string of the molecule is Cc1csc(NC(=O)CN2CCC(CCC(=O)O)C2)n1. The van der Waals surface area contributed by atoms with Crippen molar-refractivity contribution in [2.75, 3.05) is 25.0 Å². The van der Waals surface area contributed by atoms with Gasteiger partial charge in [0, 0.05) is 18.3 Å². The summed E-state index contributed by atoms with van der Waals surface area (Å²) in [5.41, 5.74) is 0.903. The summed E-state index contributed by atoms with van der Waals surface area (Å²) in [6.07, 6.45) is 1.87. The molecule has 1 saturated heterocycles. The van der Waals surface area contributed by atoms with Gasteiger partial charge >= 0.3 is 5.97 Å². The predicted molar refractivity (Wildman–Crippen MR) is 76.9 cm³/mol. The fourth-order valence-electron chi connectivity index (χ4n) is 2.39. The molecular formula is C13H19N3O3S. The molecule has 6 nitrogen and oxygen atoms in total. The summed E-state index contributed by atoms with van der Waals surface area (Å²) in [5, 5.41) is 14.0. The maximum absolute atomic E-state index is 11.9. The molecule has 20 heavy (non-hydrogen) atoms. The van der Waals surface area contributed by atoms with Gasteiger partial charge < -0.3 is 10.4 Å². The van der Waals surface area contributed by atoms with Gasteiger partial charge in [0.15, 0.2) is 5.13 Å². The van der Waals surface area contributed by atoms with E-state index in [0.717, 1.165) is 25.2 Å².